The van der Waals surface area contributed by atoms with Gasteiger partial charge < -0.3 is 10.2 Å². The SMILES string of the molecule is Cn1c(=O)c(C(=O)CSc2ncc(-c3ccc(F)cc3)o2)c(N)n(Cc2ccccc2)c1=O. The Morgan fingerprint density at radius 2 is 1.82 bits per heavy atom. The molecular weight excluding hydrogens is 447 g/mol. The zero-order chi connectivity index (χ0) is 23.5. The molecule has 168 valence electrons. The zero-order valence-corrected chi connectivity index (χ0v) is 18.3. The van der Waals surface area contributed by atoms with Gasteiger partial charge in [0, 0.05) is 12.6 Å². The lowest BCUT2D eigenvalue weighted by Crippen LogP contribution is -2.43. The van der Waals surface area contributed by atoms with E-state index in [1.54, 1.807) is 12.1 Å². The Labute approximate surface area is 191 Å². The highest BCUT2D eigenvalue weighted by atomic mass is 32.2. The number of aromatic nitrogens is 3. The first-order chi connectivity index (χ1) is 15.8. The largest absolute Gasteiger partial charge is 0.431 e. The number of nitrogens with two attached hydrogens (primary N) is 1. The smallest absolute Gasteiger partial charge is 0.332 e. The molecule has 2 aromatic carbocycles. The van der Waals surface area contributed by atoms with Crippen molar-refractivity contribution in [1.29, 1.82) is 0 Å². The average molecular weight is 466 g/mol. The normalized spacial score (nSPS) is 11.0. The number of Topliss-reactive ketones (excluding diaryl/α,β-unsaturated/α-hetero) is 1. The van der Waals surface area contributed by atoms with Crippen LogP contribution in [0, 0.1) is 5.82 Å². The minimum Gasteiger partial charge on any atom is -0.431 e. The minimum absolute atomic E-state index is 0.119. The molecule has 0 aliphatic heterocycles. The van der Waals surface area contributed by atoms with E-state index >= 15 is 0 Å². The van der Waals surface area contributed by atoms with Gasteiger partial charge in [-0.15, -0.1) is 0 Å². The van der Waals surface area contributed by atoms with E-state index in [0.29, 0.717) is 11.3 Å². The second-order valence-electron chi connectivity index (χ2n) is 7.19. The molecule has 0 radical (unpaired) electrons. The van der Waals surface area contributed by atoms with E-state index in [-0.39, 0.29) is 34.7 Å². The van der Waals surface area contributed by atoms with Crippen LogP contribution in [-0.4, -0.2) is 25.7 Å². The number of nitrogen functional groups attached to an aromatic ring is 1. The summed E-state index contributed by atoms with van der Waals surface area (Å²) in [5, 5.41) is 0.204. The van der Waals surface area contributed by atoms with E-state index in [1.165, 1.54) is 29.9 Å². The molecule has 0 fully saturated rings. The van der Waals surface area contributed by atoms with Crippen LogP contribution in [-0.2, 0) is 13.6 Å². The molecule has 4 rings (SSSR count). The molecule has 0 bridgehead atoms. The number of hydrogen-bond donors (Lipinski definition) is 1. The maximum Gasteiger partial charge on any atom is 0.332 e. The van der Waals surface area contributed by atoms with Crippen molar-refractivity contribution in [3.63, 3.8) is 0 Å². The molecule has 2 heterocycles. The number of anilines is 1. The van der Waals surface area contributed by atoms with Crippen molar-refractivity contribution in [2.75, 3.05) is 11.5 Å². The number of halogens is 1. The third-order valence-corrected chi connectivity index (χ3v) is 5.83. The quantitative estimate of drug-likeness (QED) is 0.329. The van der Waals surface area contributed by atoms with E-state index < -0.39 is 17.0 Å². The van der Waals surface area contributed by atoms with Crippen LogP contribution in [0.5, 0.6) is 0 Å². The predicted molar refractivity (Wildman–Crippen MR) is 123 cm³/mol. The molecule has 0 aliphatic rings. The van der Waals surface area contributed by atoms with Crippen LogP contribution >= 0.6 is 11.8 Å². The first kappa shape index (κ1) is 22.3. The summed E-state index contributed by atoms with van der Waals surface area (Å²) in [6.45, 7) is 0.119. The van der Waals surface area contributed by atoms with Gasteiger partial charge in [0.15, 0.2) is 11.5 Å². The summed E-state index contributed by atoms with van der Waals surface area (Å²) in [4.78, 5) is 42.3. The van der Waals surface area contributed by atoms with Crippen molar-refractivity contribution in [3.05, 3.63) is 98.6 Å². The van der Waals surface area contributed by atoms with Crippen molar-refractivity contribution in [2.45, 2.75) is 11.8 Å². The molecule has 10 heteroatoms. The van der Waals surface area contributed by atoms with Crippen molar-refractivity contribution in [1.82, 2.24) is 14.1 Å². The van der Waals surface area contributed by atoms with Crippen LogP contribution in [0.3, 0.4) is 0 Å². The Morgan fingerprint density at radius 3 is 2.52 bits per heavy atom. The molecule has 0 spiro atoms. The topological polar surface area (TPSA) is 113 Å². The Bertz CT molecular complexity index is 1430. The van der Waals surface area contributed by atoms with Crippen molar-refractivity contribution in [3.8, 4) is 11.3 Å². The fourth-order valence-corrected chi connectivity index (χ4v) is 3.91. The Morgan fingerprint density at radius 1 is 1.12 bits per heavy atom. The maximum absolute atomic E-state index is 13.1. The van der Waals surface area contributed by atoms with Crippen molar-refractivity contribution in [2.24, 2.45) is 7.05 Å². The molecule has 2 aromatic heterocycles. The number of oxazole rings is 1. The highest BCUT2D eigenvalue weighted by molar-refractivity contribution is 7.99. The number of carbonyl (C=O) groups excluding carboxylic acids is 1. The van der Waals surface area contributed by atoms with Crippen LogP contribution in [0.1, 0.15) is 15.9 Å². The van der Waals surface area contributed by atoms with E-state index in [9.17, 15) is 18.8 Å². The lowest BCUT2D eigenvalue weighted by atomic mass is 10.2. The molecule has 0 atom stereocenters. The number of ketones is 1. The zero-order valence-electron chi connectivity index (χ0n) is 17.5. The van der Waals surface area contributed by atoms with E-state index in [0.717, 1.165) is 21.9 Å². The van der Waals surface area contributed by atoms with E-state index in [4.69, 9.17) is 10.2 Å². The lowest BCUT2D eigenvalue weighted by molar-refractivity contribution is 0.102. The summed E-state index contributed by atoms with van der Waals surface area (Å²) in [5.41, 5.74) is 5.92. The molecule has 0 saturated carbocycles. The van der Waals surface area contributed by atoms with Crippen LogP contribution in [0.2, 0.25) is 0 Å². The fraction of sp³-hybridized carbons (Fsp3) is 0.130. The van der Waals surface area contributed by atoms with Gasteiger partial charge >= 0.3 is 5.69 Å². The monoisotopic (exact) mass is 466 g/mol. The molecule has 33 heavy (non-hydrogen) atoms. The third kappa shape index (κ3) is 4.65. The molecule has 0 aliphatic carbocycles. The highest BCUT2D eigenvalue weighted by Gasteiger charge is 2.22. The van der Waals surface area contributed by atoms with Crippen LogP contribution < -0.4 is 17.0 Å². The van der Waals surface area contributed by atoms with Gasteiger partial charge in [0.05, 0.1) is 18.5 Å². The average Bonchev–Trinajstić information content (AvgIpc) is 3.29. The Balaban J connectivity index is 1.56. The number of hydrogen-bond acceptors (Lipinski definition) is 7. The van der Waals surface area contributed by atoms with Crippen LogP contribution in [0.15, 0.2) is 80.0 Å². The fourth-order valence-electron chi connectivity index (χ4n) is 3.24. The molecule has 4 aromatic rings. The number of benzene rings is 2. The Hall–Kier alpha value is -3.92. The summed E-state index contributed by atoms with van der Waals surface area (Å²) in [6, 6.07) is 14.8. The minimum atomic E-state index is -0.758. The van der Waals surface area contributed by atoms with Gasteiger partial charge in [-0.3, -0.25) is 18.7 Å². The summed E-state index contributed by atoms with van der Waals surface area (Å²) < 4.78 is 20.8. The van der Waals surface area contributed by atoms with Gasteiger partial charge in [-0.25, -0.2) is 14.2 Å². The number of carbonyl (C=O) groups is 1. The summed E-state index contributed by atoms with van der Waals surface area (Å²) >= 11 is 0.987. The predicted octanol–water partition coefficient (Wildman–Crippen LogP) is 2.95. The van der Waals surface area contributed by atoms with Crippen LogP contribution in [0.25, 0.3) is 11.3 Å². The molecule has 8 nitrogen and oxygen atoms in total. The molecule has 0 saturated heterocycles. The van der Waals surface area contributed by atoms with Gasteiger partial charge in [0.1, 0.15) is 17.2 Å². The Kier molecular flexibility index (Phi) is 6.27. The van der Waals surface area contributed by atoms with Gasteiger partial charge in [-0.1, -0.05) is 42.1 Å². The van der Waals surface area contributed by atoms with Gasteiger partial charge in [0.25, 0.3) is 10.8 Å². The molecule has 0 unspecified atom stereocenters. The van der Waals surface area contributed by atoms with Gasteiger partial charge in [-0.2, -0.15) is 0 Å². The number of thioether (sulfide) groups is 1. The van der Waals surface area contributed by atoms with Crippen molar-refractivity contribution >= 4 is 23.4 Å². The first-order valence-electron chi connectivity index (χ1n) is 9.86. The summed E-state index contributed by atoms with van der Waals surface area (Å²) in [5.74, 6) is -0.867. The highest BCUT2D eigenvalue weighted by Crippen LogP contribution is 2.26. The van der Waals surface area contributed by atoms with E-state index in [2.05, 4.69) is 4.98 Å². The number of nitrogens with zero attached hydrogens (tertiary/aromatic N) is 3. The second-order valence-corrected chi connectivity index (χ2v) is 8.11. The molecule has 2 N–H and O–H groups in total. The number of rotatable bonds is 7. The first-order valence-corrected chi connectivity index (χ1v) is 10.8. The standard InChI is InChI=1S/C23H19FN4O4S/c1-27-21(30)19(20(25)28(23(27)31)12-14-5-3-2-4-6-14)17(29)13-33-22-26-11-18(32-22)15-7-9-16(24)10-8-15/h2-11H,12-13,25H2,1H3. The van der Waals surface area contributed by atoms with Crippen LogP contribution in [0.4, 0.5) is 10.2 Å². The molecular formula is C23H19FN4O4S. The third-order valence-electron chi connectivity index (χ3n) is 4.99. The summed E-state index contributed by atoms with van der Waals surface area (Å²) in [6.07, 6.45) is 1.47. The van der Waals surface area contributed by atoms with Gasteiger partial charge in [-0.05, 0) is 29.8 Å². The summed E-state index contributed by atoms with van der Waals surface area (Å²) in [7, 11) is 1.30. The second kappa shape index (κ2) is 9.29. The van der Waals surface area contributed by atoms with Gasteiger partial charge in [0.2, 0.25) is 0 Å². The molecule has 0 amide bonds. The van der Waals surface area contributed by atoms with E-state index in [1.807, 2.05) is 30.3 Å². The van der Waals surface area contributed by atoms with Crippen molar-refractivity contribution < 1.29 is 13.6 Å². The maximum atomic E-state index is 13.1. The lowest BCUT2D eigenvalue weighted by Gasteiger charge is -2.14.